The third-order valence-electron chi connectivity index (χ3n) is 3.97. The summed E-state index contributed by atoms with van der Waals surface area (Å²) in [4.78, 5) is 19.9. The summed E-state index contributed by atoms with van der Waals surface area (Å²) in [5.41, 5.74) is 6.46. The highest BCUT2D eigenvalue weighted by Crippen LogP contribution is 2.32. The summed E-state index contributed by atoms with van der Waals surface area (Å²) in [5.74, 6) is -1.60. The number of ether oxygens (including phenoxy) is 2. The fourth-order valence-electron chi connectivity index (χ4n) is 2.76. The second-order valence-electron chi connectivity index (χ2n) is 5.89. The van der Waals surface area contributed by atoms with Crippen molar-refractivity contribution in [3.05, 3.63) is 59.9 Å². The Morgan fingerprint density at radius 3 is 2.66 bits per heavy atom. The number of carbonyl (C=O) groups excluding carboxylic acids is 1. The Hall–Kier alpha value is -3.75. The summed E-state index contributed by atoms with van der Waals surface area (Å²) < 4.78 is 38.2. The Bertz CT molecular complexity index is 1060. The van der Waals surface area contributed by atoms with E-state index in [2.05, 4.69) is 15.3 Å². The lowest BCUT2D eigenvalue weighted by Crippen LogP contribution is -2.14. The average Bonchev–Trinajstić information content (AvgIpc) is 2.68. The molecule has 1 heterocycles. The van der Waals surface area contributed by atoms with Gasteiger partial charge in [-0.25, -0.2) is 18.7 Å². The molecule has 0 saturated heterocycles. The van der Waals surface area contributed by atoms with E-state index in [9.17, 15) is 13.6 Å². The number of methoxy groups -OCH3 is 1. The van der Waals surface area contributed by atoms with Crippen molar-refractivity contribution in [1.29, 1.82) is 0 Å². The van der Waals surface area contributed by atoms with Crippen LogP contribution in [0.4, 0.5) is 20.3 Å². The van der Waals surface area contributed by atoms with Gasteiger partial charge in [0.05, 0.1) is 25.0 Å². The van der Waals surface area contributed by atoms with Crippen LogP contribution in [0.5, 0.6) is 11.5 Å². The number of primary amides is 1. The summed E-state index contributed by atoms with van der Waals surface area (Å²) in [7, 11) is 1.24. The number of nitrogens with two attached hydrogens (primary N) is 1. The van der Waals surface area contributed by atoms with Crippen molar-refractivity contribution < 1.29 is 23.0 Å². The minimum absolute atomic E-state index is 0.110. The molecule has 2 aromatic carbocycles. The van der Waals surface area contributed by atoms with E-state index in [-0.39, 0.29) is 17.0 Å². The van der Waals surface area contributed by atoms with Gasteiger partial charge in [-0.15, -0.1) is 0 Å². The molecule has 0 unspecified atom stereocenters. The SMILES string of the molecule is CCOc1cc(F)ccc1-c1cc(Nc2cc(F)c(OC)c(C(N)=O)c2)ncn1. The van der Waals surface area contributed by atoms with Gasteiger partial charge in [-0.1, -0.05) is 0 Å². The molecule has 0 radical (unpaired) electrons. The zero-order chi connectivity index (χ0) is 21.0. The molecule has 0 saturated carbocycles. The first-order chi connectivity index (χ1) is 13.9. The third kappa shape index (κ3) is 4.40. The minimum Gasteiger partial charge on any atom is -0.493 e. The summed E-state index contributed by atoms with van der Waals surface area (Å²) in [6.07, 6.45) is 1.30. The molecule has 1 aromatic heterocycles. The molecule has 0 bridgehead atoms. The molecule has 150 valence electrons. The van der Waals surface area contributed by atoms with Crippen molar-refractivity contribution in [3.8, 4) is 22.8 Å². The Labute approximate surface area is 165 Å². The molecule has 3 aromatic rings. The van der Waals surface area contributed by atoms with E-state index in [4.69, 9.17) is 15.2 Å². The maximum Gasteiger partial charge on any atom is 0.252 e. The van der Waals surface area contributed by atoms with E-state index in [1.807, 2.05) is 0 Å². The summed E-state index contributed by atoms with van der Waals surface area (Å²) in [5, 5.41) is 2.89. The van der Waals surface area contributed by atoms with Crippen molar-refractivity contribution in [2.24, 2.45) is 5.73 Å². The molecule has 0 aliphatic heterocycles. The van der Waals surface area contributed by atoms with E-state index < -0.39 is 17.5 Å². The van der Waals surface area contributed by atoms with E-state index in [1.54, 1.807) is 19.1 Å². The molecule has 0 atom stereocenters. The van der Waals surface area contributed by atoms with E-state index in [0.29, 0.717) is 29.4 Å². The predicted molar refractivity (Wildman–Crippen MR) is 103 cm³/mol. The van der Waals surface area contributed by atoms with Crippen LogP contribution < -0.4 is 20.5 Å². The standard InChI is InChI=1S/C20H18F2N4O3/c1-3-29-17-6-11(21)4-5-13(17)16-9-18(25-10-24-16)26-12-7-14(20(23)27)19(28-2)15(22)8-12/h4-10H,3H2,1-2H3,(H2,23,27)(H,24,25,26). The number of amides is 1. The molecule has 29 heavy (non-hydrogen) atoms. The molecule has 9 heteroatoms. The highest BCUT2D eigenvalue weighted by Gasteiger charge is 2.17. The Morgan fingerprint density at radius 1 is 1.17 bits per heavy atom. The van der Waals surface area contributed by atoms with Crippen molar-refractivity contribution >= 4 is 17.4 Å². The number of hydrogen-bond donors (Lipinski definition) is 2. The first kappa shape index (κ1) is 20.0. The molecular weight excluding hydrogens is 382 g/mol. The smallest absolute Gasteiger partial charge is 0.252 e. The first-order valence-corrected chi connectivity index (χ1v) is 8.62. The number of hydrogen-bond acceptors (Lipinski definition) is 6. The maximum absolute atomic E-state index is 14.2. The van der Waals surface area contributed by atoms with Gasteiger partial charge in [-0.3, -0.25) is 4.79 Å². The Balaban J connectivity index is 1.97. The number of rotatable bonds is 7. The van der Waals surface area contributed by atoms with Crippen LogP contribution in [0.3, 0.4) is 0 Å². The van der Waals surface area contributed by atoms with Gasteiger partial charge in [0.1, 0.15) is 23.7 Å². The largest absolute Gasteiger partial charge is 0.493 e. The zero-order valence-electron chi connectivity index (χ0n) is 15.7. The average molecular weight is 400 g/mol. The van der Waals surface area contributed by atoms with Crippen molar-refractivity contribution in [3.63, 3.8) is 0 Å². The highest BCUT2D eigenvalue weighted by molar-refractivity contribution is 5.97. The fourth-order valence-corrected chi connectivity index (χ4v) is 2.76. The van der Waals surface area contributed by atoms with Gasteiger partial charge in [0.15, 0.2) is 11.6 Å². The van der Waals surface area contributed by atoms with Gasteiger partial charge in [-0.2, -0.15) is 0 Å². The van der Waals surface area contributed by atoms with Crippen molar-refractivity contribution in [2.45, 2.75) is 6.92 Å². The molecular formula is C20H18F2N4O3. The van der Waals surface area contributed by atoms with Crippen LogP contribution in [0.1, 0.15) is 17.3 Å². The van der Waals surface area contributed by atoms with Gasteiger partial charge >= 0.3 is 0 Å². The molecule has 0 aliphatic rings. The van der Waals surface area contributed by atoms with Crippen LogP contribution in [-0.4, -0.2) is 29.6 Å². The maximum atomic E-state index is 14.2. The van der Waals surface area contributed by atoms with Gasteiger partial charge < -0.3 is 20.5 Å². The van der Waals surface area contributed by atoms with Crippen molar-refractivity contribution in [1.82, 2.24) is 9.97 Å². The lowest BCUT2D eigenvalue weighted by atomic mass is 10.1. The van der Waals surface area contributed by atoms with Crippen LogP contribution >= 0.6 is 0 Å². The fraction of sp³-hybridized carbons (Fsp3) is 0.150. The molecule has 7 nitrogen and oxygen atoms in total. The van der Waals surface area contributed by atoms with Crippen molar-refractivity contribution in [2.75, 3.05) is 19.0 Å². The molecule has 0 spiro atoms. The molecule has 0 aliphatic carbocycles. The molecule has 0 fully saturated rings. The van der Waals surface area contributed by atoms with Crippen LogP contribution in [0.2, 0.25) is 0 Å². The van der Waals surface area contributed by atoms with Crippen LogP contribution in [0.25, 0.3) is 11.3 Å². The number of nitrogens with one attached hydrogen (secondary N) is 1. The van der Waals surface area contributed by atoms with Gasteiger partial charge in [0, 0.05) is 29.4 Å². The van der Waals surface area contributed by atoms with Crippen LogP contribution in [0, 0.1) is 11.6 Å². The zero-order valence-corrected chi connectivity index (χ0v) is 15.7. The monoisotopic (exact) mass is 400 g/mol. The van der Waals surface area contributed by atoms with E-state index in [0.717, 1.165) is 6.07 Å². The quantitative estimate of drug-likeness (QED) is 0.628. The Morgan fingerprint density at radius 2 is 1.97 bits per heavy atom. The van der Waals surface area contributed by atoms with Crippen LogP contribution in [-0.2, 0) is 0 Å². The van der Waals surface area contributed by atoms with Gasteiger partial charge in [-0.05, 0) is 25.1 Å². The number of carbonyl (C=O) groups is 1. The predicted octanol–water partition coefficient (Wildman–Crippen LogP) is 3.67. The topological polar surface area (TPSA) is 99.4 Å². The normalized spacial score (nSPS) is 10.5. The summed E-state index contributed by atoms with van der Waals surface area (Å²) in [6.45, 7) is 2.14. The van der Waals surface area contributed by atoms with Crippen LogP contribution in [0.15, 0.2) is 42.7 Å². The molecule has 1 amide bonds. The highest BCUT2D eigenvalue weighted by atomic mass is 19.1. The second kappa shape index (κ2) is 8.51. The lowest BCUT2D eigenvalue weighted by Gasteiger charge is -2.13. The van der Waals surface area contributed by atoms with E-state index >= 15 is 0 Å². The number of anilines is 2. The number of aromatic nitrogens is 2. The molecule has 3 rings (SSSR count). The van der Waals surface area contributed by atoms with Gasteiger partial charge in [0.2, 0.25) is 0 Å². The molecule has 3 N–H and O–H groups in total. The number of benzene rings is 2. The summed E-state index contributed by atoms with van der Waals surface area (Å²) >= 11 is 0. The first-order valence-electron chi connectivity index (χ1n) is 8.62. The number of nitrogens with zero attached hydrogens (tertiary/aromatic N) is 2. The second-order valence-corrected chi connectivity index (χ2v) is 5.89. The van der Waals surface area contributed by atoms with Gasteiger partial charge in [0.25, 0.3) is 5.91 Å². The Kier molecular flexibility index (Phi) is 5.87. The lowest BCUT2D eigenvalue weighted by molar-refractivity contribution is 0.0996. The third-order valence-corrected chi connectivity index (χ3v) is 3.97. The summed E-state index contributed by atoms with van der Waals surface area (Å²) in [6, 6.07) is 8.20. The van der Waals surface area contributed by atoms with E-state index in [1.165, 1.54) is 31.6 Å². The minimum atomic E-state index is -0.833. The number of halogens is 2.